The summed E-state index contributed by atoms with van der Waals surface area (Å²) in [6.07, 6.45) is 2.01. The minimum Gasteiger partial charge on any atom is -0.0622 e. The average molecular weight is 833 g/mol. The largest absolute Gasteiger partial charge is 0.0622 e. The molecule has 2 aliphatic carbocycles. The first-order chi connectivity index (χ1) is 31.7. The summed E-state index contributed by atoms with van der Waals surface area (Å²) in [5, 5.41) is 5.20. The lowest BCUT2D eigenvalue weighted by Crippen LogP contribution is -2.16. The van der Waals surface area contributed by atoms with Crippen LogP contribution in [0.15, 0.2) is 212 Å². The molecule has 312 valence electrons. The molecule has 0 nitrogen and oxygen atoms in total. The Kier molecular flexibility index (Phi) is 9.18. The van der Waals surface area contributed by atoms with Gasteiger partial charge >= 0.3 is 0 Å². The fraction of sp³-hybridized carbons (Fsp3) is 0.138. The van der Waals surface area contributed by atoms with E-state index in [1.165, 1.54) is 116 Å². The Morgan fingerprint density at radius 2 is 0.815 bits per heavy atom. The van der Waals surface area contributed by atoms with Crippen LogP contribution in [0.25, 0.3) is 77.2 Å². The second kappa shape index (κ2) is 15.2. The lowest BCUT2D eigenvalue weighted by Gasteiger charge is -2.25. The van der Waals surface area contributed by atoms with E-state index in [0.717, 1.165) is 12.8 Å². The summed E-state index contributed by atoms with van der Waals surface area (Å²) in [7, 11) is 0. The van der Waals surface area contributed by atoms with Crippen molar-refractivity contribution >= 4 is 21.5 Å². The summed E-state index contributed by atoms with van der Waals surface area (Å²) in [4.78, 5) is 0. The molecule has 12 rings (SSSR count). The average Bonchev–Trinajstić information content (AvgIpc) is 3.72. The molecule has 0 heterocycles. The van der Waals surface area contributed by atoms with E-state index in [0.29, 0.717) is 0 Å². The fourth-order valence-electron chi connectivity index (χ4n) is 11.5. The van der Waals surface area contributed by atoms with Gasteiger partial charge < -0.3 is 0 Å². The molecular formula is C65H52. The van der Waals surface area contributed by atoms with Crippen molar-refractivity contribution in [3.05, 3.63) is 251 Å². The van der Waals surface area contributed by atoms with Crippen molar-refractivity contribution in [3.63, 3.8) is 0 Å². The highest BCUT2D eigenvalue weighted by atomic mass is 14.4. The molecule has 1 atom stereocenters. The van der Waals surface area contributed by atoms with Crippen LogP contribution in [0, 0.1) is 0 Å². The molecule has 0 fully saturated rings. The van der Waals surface area contributed by atoms with Gasteiger partial charge in [-0.25, -0.2) is 0 Å². The Hall–Kier alpha value is -7.28. The quantitative estimate of drug-likeness (QED) is 0.143. The molecule has 0 saturated carbocycles. The van der Waals surface area contributed by atoms with Gasteiger partial charge in [-0.05, 0) is 147 Å². The lowest BCUT2D eigenvalue weighted by molar-refractivity contribution is 0.653. The second-order valence-electron chi connectivity index (χ2n) is 19.6. The standard InChI is InChI=1S/C65H52/c1-64(2)60-37-42(22-33-56(60)57-35-30-51(40-61(57)64)46-25-23-45(24-26-46)49-28-27-44-15-8-9-17-48(44)38-49)21-32-54(55-20-12-18-47-16-10-11-19-53(47)55)52-31-36-59-58-34-29-50(43-13-6-5-7-14-43)39-62(58)65(3,4)63(59)41-52/h5-20,22-31,33-41,54H,21,32H2,1-4H3. The maximum absolute atomic E-state index is 2.56. The Bertz CT molecular complexity index is 3470. The molecule has 1 unspecified atom stereocenters. The van der Waals surface area contributed by atoms with Crippen LogP contribution in [0.2, 0.25) is 0 Å². The number of fused-ring (bicyclic) bond motifs is 8. The molecule has 0 amide bonds. The molecule has 0 aliphatic heterocycles. The van der Waals surface area contributed by atoms with Crippen LogP contribution in [-0.4, -0.2) is 0 Å². The molecule has 0 bridgehead atoms. The van der Waals surface area contributed by atoms with E-state index in [-0.39, 0.29) is 16.7 Å². The predicted octanol–water partition coefficient (Wildman–Crippen LogP) is 17.4. The molecule has 65 heavy (non-hydrogen) atoms. The first kappa shape index (κ1) is 39.3. The molecule has 0 spiro atoms. The van der Waals surface area contributed by atoms with Gasteiger partial charge in [0.1, 0.15) is 0 Å². The van der Waals surface area contributed by atoms with Crippen LogP contribution < -0.4 is 0 Å². The number of hydrogen-bond acceptors (Lipinski definition) is 0. The molecule has 0 N–H and O–H groups in total. The van der Waals surface area contributed by atoms with E-state index in [1.807, 2.05) is 0 Å². The highest BCUT2D eigenvalue weighted by Crippen LogP contribution is 2.52. The van der Waals surface area contributed by atoms with E-state index in [9.17, 15) is 0 Å². The van der Waals surface area contributed by atoms with Crippen LogP contribution in [0.3, 0.4) is 0 Å². The number of benzene rings is 10. The van der Waals surface area contributed by atoms with Gasteiger partial charge in [0.2, 0.25) is 0 Å². The second-order valence-corrected chi connectivity index (χ2v) is 19.6. The van der Waals surface area contributed by atoms with Crippen molar-refractivity contribution in [2.24, 2.45) is 0 Å². The lowest BCUT2D eigenvalue weighted by atomic mass is 9.78. The Labute approximate surface area is 383 Å². The summed E-state index contributed by atoms with van der Waals surface area (Å²) in [5.74, 6) is 0.236. The van der Waals surface area contributed by atoms with Gasteiger partial charge in [0, 0.05) is 16.7 Å². The number of rotatable bonds is 8. The van der Waals surface area contributed by atoms with Crippen molar-refractivity contribution < 1.29 is 0 Å². The summed E-state index contributed by atoms with van der Waals surface area (Å²) in [5.41, 5.74) is 22.7. The van der Waals surface area contributed by atoms with E-state index < -0.39 is 0 Å². The summed E-state index contributed by atoms with van der Waals surface area (Å²) >= 11 is 0. The molecule has 10 aromatic carbocycles. The fourth-order valence-corrected chi connectivity index (χ4v) is 11.5. The minimum atomic E-state index is -0.115. The molecule has 0 aromatic heterocycles. The minimum absolute atomic E-state index is 0.113. The summed E-state index contributed by atoms with van der Waals surface area (Å²) in [6, 6.07) is 80.0. The van der Waals surface area contributed by atoms with Gasteiger partial charge in [-0.3, -0.25) is 0 Å². The van der Waals surface area contributed by atoms with Gasteiger partial charge in [0.25, 0.3) is 0 Å². The van der Waals surface area contributed by atoms with Crippen LogP contribution in [0.5, 0.6) is 0 Å². The third kappa shape index (κ3) is 6.57. The number of hydrogen-bond donors (Lipinski definition) is 0. The Morgan fingerprint density at radius 3 is 1.49 bits per heavy atom. The van der Waals surface area contributed by atoms with Crippen molar-refractivity contribution in [1.29, 1.82) is 0 Å². The van der Waals surface area contributed by atoms with Gasteiger partial charge in [0.15, 0.2) is 0 Å². The van der Waals surface area contributed by atoms with E-state index >= 15 is 0 Å². The molecule has 2 aliphatic rings. The Balaban J connectivity index is 0.848. The van der Waals surface area contributed by atoms with Gasteiger partial charge in [-0.2, -0.15) is 0 Å². The third-order valence-electron chi connectivity index (χ3n) is 15.2. The molecule has 0 heteroatoms. The molecule has 10 aromatic rings. The summed E-state index contributed by atoms with van der Waals surface area (Å²) in [6.45, 7) is 9.67. The monoisotopic (exact) mass is 832 g/mol. The van der Waals surface area contributed by atoms with Crippen LogP contribution in [0.1, 0.15) is 79.0 Å². The first-order valence-electron chi connectivity index (χ1n) is 23.4. The van der Waals surface area contributed by atoms with E-state index in [2.05, 4.69) is 240 Å². The smallest absolute Gasteiger partial charge is 0.0159 e. The van der Waals surface area contributed by atoms with E-state index in [1.54, 1.807) is 0 Å². The van der Waals surface area contributed by atoms with Gasteiger partial charge in [0.05, 0.1) is 0 Å². The summed E-state index contributed by atoms with van der Waals surface area (Å²) < 4.78 is 0. The maximum atomic E-state index is 2.56. The zero-order valence-corrected chi connectivity index (χ0v) is 37.7. The van der Waals surface area contributed by atoms with Gasteiger partial charge in [-0.15, -0.1) is 0 Å². The number of aryl methyl sites for hydroxylation is 1. The topological polar surface area (TPSA) is 0 Å². The van der Waals surface area contributed by atoms with Crippen molar-refractivity contribution in [2.75, 3.05) is 0 Å². The Morgan fingerprint density at radius 1 is 0.338 bits per heavy atom. The SMILES string of the molecule is CC1(C)c2cc(CCC(c3ccc4c(c3)C(C)(C)c3cc(-c5ccccc5)ccc3-4)c3cccc4ccccc34)ccc2-c2ccc(-c3ccc(-c4ccc5ccccc5c4)cc3)cc21. The van der Waals surface area contributed by atoms with Crippen molar-refractivity contribution in [2.45, 2.75) is 57.3 Å². The van der Waals surface area contributed by atoms with Crippen molar-refractivity contribution in [1.82, 2.24) is 0 Å². The highest BCUT2D eigenvalue weighted by Gasteiger charge is 2.38. The normalized spacial score (nSPS) is 14.5. The molecular weight excluding hydrogens is 781 g/mol. The van der Waals surface area contributed by atoms with Crippen LogP contribution >= 0.6 is 0 Å². The first-order valence-corrected chi connectivity index (χ1v) is 23.4. The van der Waals surface area contributed by atoms with E-state index in [4.69, 9.17) is 0 Å². The highest BCUT2D eigenvalue weighted by molar-refractivity contribution is 5.90. The van der Waals surface area contributed by atoms with Gasteiger partial charge in [-0.1, -0.05) is 222 Å². The van der Waals surface area contributed by atoms with Crippen molar-refractivity contribution in [3.8, 4) is 55.6 Å². The molecule has 0 saturated heterocycles. The van der Waals surface area contributed by atoms with Crippen LogP contribution in [0.4, 0.5) is 0 Å². The zero-order valence-electron chi connectivity index (χ0n) is 37.7. The maximum Gasteiger partial charge on any atom is 0.0159 e. The third-order valence-corrected chi connectivity index (χ3v) is 15.2. The van der Waals surface area contributed by atoms with Crippen LogP contribution in [-0.2, 0) is 17.3 Å². The predicted molar refractivity (Wildman–Crippen MR) is 276 cm³/mol. The molecule has 0 radical (unpaired) electrons. The zero-order chi connectivity index (χ0) is 43.9.